The topological polar surface area (TPSA) is 15.3 Å². The average molecular weight is 343 g/mol. The number of nitrogens with one attached hydrogen (secondary N) is 1. The molecule has 2 unspecified atom stereocenters. The van der Waals surface area contributed by atoms with Gasteiger partial charge in [-0.1, -0.05) is 13.3 Å². The van der Waals surface area contributed by atoms with E-state index in [9.17, 15) is 0 Å². The zero-order valence-corrected chi connectivity index (χ0v) is 14.0. The lowest BCUT2D eigenvalue weighted by Crippen LogP contribution is -2.56. The Morgan fingerprint density at radius 2 is 2.32 bits per heavy atom. The van der Waals surface area contributed by atoms with Crippen LogP contribution in [0.15, 0.2) is 15.9 Å². The van der Waals surface area contributed by atoms with E-state index < -0.39 is 0 Å². The molecule has 2 nitrogen and oxygen atoms in total. The minimum atomic E-state index is 0.723. The molecule has 1 aromatic heterocycles. The van der Waals surface area contributed by atoms with Crippen LogP contribution in [0.2, 0.25) is 0 Å². The molecule has 2 heterocycles. The van der Waals surface area contributed by atoms with E-state index in [1.807, 2.05) is 11.3 Å². The Bertz CT molecular complexity index is 416. The maximum Gasteiger partial charge on any atom is 0.0332 e. The van der Waals surface area contributed by atoms with Gasteiger partial charge in [-0.05, 0) is 47.2 Å². The van der Waals surface area contributed by atoms with Crippen LogP contribution in [0.5, 0.6) is 0 Å². The van der Waals surface area contributed by atoms with Crippen molar-refractivity contribution in [2.75, 3.05) is 13.1 Å². The van der Waals surface area contributed by atoms with Gasteiger partial charge in [0.25, 0.3) is 0 Å². The van der Waals surface area contributed by atoms with E-state index >= 15 is 0 Å². The zero-order chi connectivity index (χ0) is 13.2. The van der Waals surface area contributed by atoms with Gasteiger partial charge in [-0.3, -0.25) is 4.90 Å². The van der Waals surface area contributed by atoms with E-state index in [0.717, 1.165) is 24.5 Å². The van der Waals surface area contributed by atoms with Gasteiger partial charge in [0.15, 0.2) is 0 Å². The number of halogens is 1. The third-order valence-corrected chi connectivity index (χ3v) is 6.04. The monoisotopic (exact) mass is 342 g/mol. The number of thiophene rings is 1. The van der Waals surface area contributed by atoms with Gasteiger partial charge in [-0.2, -0.15) is 0 Å². The summed E-state index contributed by atoms with van der Waals surface area (Å²) < 4.78 is 1.23. The van der Waals surface area contributed by atoms with Crippen LogP contribution in [0.4, 0.5) is 0 Å². The fourth-order valence-electron chi connectivity index (χ4n) is 3.15. The second kappa shape index (κ2) is 6.25. The number of nitrogens with zero attached hydrogens (tertiary/aromatic N) is 1. The number of rotatable bonds is 5. The molecule has 1 aromatic rings. The summed E-state index contributed by atoms with van der Waals surface area (Å²) in [5.74, 6) is 0.958. The van der Waals surface area contributed by atoms with Gasteiger partial charge in [0.1, 0.15) is 0 Å². The first kappa shape index (κ1) is 14.1. The largest absolute Gasteiger partial charge is 0.311 e. The third kappa shape index (κ3) is 3.60. The quantitative estimate of drug-likeness (QED) is 0.873. The SMILES string of the molecule is CCCC1CNC(C2CC2)CN1Cc1cc(Br)cs1. The molecule has 4 heteroatoms. The van der Waals surface area contributed by atoms with Crippen LogP contribution < -0.4 is 5.32 Å². The Labute approximate surface area is 128 Å². The number of hydrogen-bond donors (Lipinski definition) is 1. The Morgan fingerprint density at radius 1 is 1.47 bits per heavy atom. The normalized spacial score (nSPS) is 28.7. The molecule has 0 radical (unpaired) electrons. The fourth-order valence-corrected chi connectivity index (χ4v) is 4.62. The Morgan fingerprint density at radius 3 is 2.95 bits per heavy atom. The van der Waals surface area contributed by atoms with Gasteiger partial charge in [0.2, 0.25) is 0 Å². The predicted molar refractivity (Wildman–Crippen MR) is 85.6 cm³/mol. The van der Waals surface area contributed by atoms with Gasteiger partial charge < -0.3 is 5.32 Å². The molecule has 0 amide bonds. The lowest BCUT2D eigenvalue weighted by atomic mass is 10.0. The minimum absolute atomic E-state index is 0.723. The Kier molecular flexibility index (Phi) is 4.62. The van der Waals surface area contributed by atoms with Crippen LogP contribution in [-0.2, 0) is 6.54 Å². The fraction of sp³-hybridized carbons (Fsp3) is 0.733. The second-order valence-electron chi connectivity index (χ2n) is 5.96. The molecule has 1 saturated heterocycles. The molecular weight excluding hydrogens is 320 g/mol. The van der Waals surface area contributed by atoms with Crippen molar-refractivity contribution in [2.45, 2.75) is 51.2 Å². The molecule has 1 aliphatic heterocycles. The summed E-state index contributed by atoms with van der Waals surface area (Å²) >= 11 is 5.45. The van der Waals surface area contributed by atoms with Crippen LogP contribution in [0, 0.1) is 5.92 Å². The summed E-state index contributed by atoms with van der Waals surface area (Å²) in [6.45, 7) is 5.85. The predicted octanol–water partition coefficient (Wildman–Crippen LogP) is 3.86. The number of piperazine rings is 1. The molecule has 2 fully saturated rings. The first-order valence-corrected chi connectivity index (χ1v) is 9.14. The van der Waals surface area contributed by atoms with Crippen molar-refractivity contribution < 1.29 is 0 Å². The van der Waals surface area contributed by atoms with E-state index in [4.69, 9.17) is 0 Å². The van der Waals surface area contributed by atoms with Crippen molar-refractivity contribution in [2.24, 2.45) is 5.92 Å². The lowest BCUT2D eigenvalue weighted by molar-refractivity contribution is 0.109. The van der Waals surface area contributed by atoms with Gasteiger partial charge in [-0.25, -0.2) is 0 Å². The highest BCUT2D eigenvalue weighted by Crippen LogP contribution is 2.35. The summed E-state index contributed by atoms with van der Waals surface area (Å²) in [6, 6.07) is 3.75. The maximum absolute atomic E-state index is 3.79. The van der Waals surface area contributed by atoms with Crippen LogP contribution >= 0.6 is 27.3 Å². The minimum Gasteiger partial charge on any atom is -0.311 e. The Hall–Kier alpha value is 0.1000. The van der Waals surface area contributed by atoms with Crippen LogP contribution in [0.3, 0.4) is 0 Å². The summed E-state index contributed by atoms with van der Waals surface area (Å²) in [7, 11) is 0. The van der Waals surface area contributed by atoms with Gasteiger partial charge in [-0.15, -0.1) is 11.3 Å². The van der Waals surface area contributed by atoms with E-state index in [1.165, 1.54) is 48.1 Å². The van der Waals surface area contributed by atoms with E-state index in [-0.39, 0.29) is 0 Å². The van der Waals surface area contributed by atoms with Crippen molar-refractivity contribution in [1.29, 1.82) is 0 Å². The molecule has 0 bridgehead atoms. The molecule has 106 valence electrons. The molecular formula is C15H23BrN2S. The third-order valence-electron chi connectivity index (χ3n) is 4.36. The van der Waals surface area contributed by atoms with Gasteiger partial charge in [0, 0.05) is 46.4 Å². The first-order chi connectivity index (χ1) is 9.26. The van der Waals surface area contributed by atoms with Crippen LogP contribution in [0.25, 0.3) is 0 Å². The van der Waals surface area contributed by atoms with Crippen molar-refractivity contribution >= 4 is 27.3 Å². The number of hydrogen-bond acceptors (Lipinski definition) is 3. The van der Waals surface area contributed by atoms with Crippen LogP contribution in [-0.4, -0.2) is 30.1 Å². The molecule has 0 spiro atoms. The van der Waals surface area contributed by atoms with Crippen LogP contribution in [0.1, 0.15) is 37.5 Å². The second-order valence-corrected chi connectivity index (χ2v) is 7.87. The van der Waals surface area contributed by atoms with E-state index in [2.05, 4.69) is 44.5 Å². The molecule has 2 aliphatic rings. The van der Waals surface area contributed by atoms with Crippen molar-refractivity contribution in [3.05, 3.63) is 20.8 Å². The smallest absolute Gasteiger partial charge is 0.0332 e. The standard InChI is InChI=1S/C15H23BrN2S/c1-2-3-13-7-17-15(11-4-5-11)9-18(13)8-14-6-12(16)10-19-14/h6,10-11,13,15,17H,2-5,7-9H2,1H3. The summed E-state index contributed by atoms with van der Waals surface area (Å²) in [5.41, 5.74) is 0. The molecule has 1 saturated carbocycles. The molecule has 3 rings (SSSR count). The highest BCUT2D eigenvalue weighted by molar-refractivity contribution is 9.10. The molecule has 1 N–H and O–H groups in total. The highest BCUT2D eigenvalue weighted by atomic mass is 79.9. The first-order valence-electron chi connectivity index (χ1n) is 7.46. The molecule has 0 aromatic carbocycles. The van der Waals surface area contributed by atoms with E-state index in [1.54, 1.807) is 0 Å². The van der Waals surface area contributed by atoms with Crippen molar-refractivity contribution in [3.8, 4) is 0 Å². The van der Waals surface area contributed by atoms with Gasteiger partial charge in [0.05, 0.1) is 0 Å². The molecule has 2 atom stereocenters. The van der Waals surface area contributed by atoms with E-state index in [0.29, 0.717) is 0 Å². The average Bonchev–Trinajstić information content (AvgIpc) is 3.16. The summed E-state index contributed by atoms with van der Waals surface area (Å²) in [5, 5.41) is 5.99. The molecule has 1 aliphatic carbocycles. The van der Waals surface area contributed by atoms with Crippen molar-refractivity contribution in [1.82, 2.24) is 10.2 Å². The summed E-state index contributed by atoms with van der Waals surface area (Å²) in [4.78, 5) is 4.21. The van der Waals surface area contributed by atoms with Crippen molar-refractivity contribution in [3.63, 3.8) is 0 Å². The molecule has 19 heavy (non-hydrogen) atoms. The highest BCUT2D eigenvalue weighted by Gasteiger charge is 2.36. The lowest BCUT2D eigenvalue weighted by Gasteiger charge is -2.40. The summed E-state index contributed by atoms with van der Waals surface area (Å²) in [6.07, 6.45) is 5.48. The Balaban J connectivity index is 1.65. The zero-order valence-electron chi connectivity index (χ0n) is 11.6. The maximum atomic E-state index is 3.79. The van der Waals surface area contributed by atoms with Gasteiger partial charge >= 0.3 is 0 Å².